The van der Waals surface area contributed by atoms with Gasteiger partial charge in [0.1, 0.15) is 0 Å². The van der Waals surface area contributed by atoms with Crippen LogP contribution in [-0.2, 0) is 4.79 Å². The molecule has 3 N–H and O–H groups in total. The molecular weight excluding hydrogens is 280 g/mol. The van der Waals surface area contributed by atoms with Crippen molar-refractivity contribution in [3.63, 3.8) is 0 Å². The molecule has 0 aliphatic carbocycles. The zero-order valence-electron chi connectivity index (χ0n) is 11.5. The molecule has 1 unspecified atom stereocenters. The summed E-state index contributed by atoms with van der Waals surface area (Å²) in [6, 6.07) is 8.03. The van der Waals surface area contributed by atoms with Gasteiger partial charge in [-0.25, -0.2) is 0 Å². The van der Waals surface area contributed by atoms with Gasteiger partial charge in [0.15, 0.2) is 0 Å². The molecule has 1 aromatic carbocycles. The van der Waals surface area contributed by atoms with Crippen LogP contribution in [0.2, 0.25) is 0 Å². The van der Waals surface area contributed by atoms with Gasteiger partial charge in [-0.2, -0.15) is 0 Å². The molecule has 0 fully saturated rings. The Labute approximate surface area is 126 Å². The first-order valence-electron chi connectivity index (χ1n) is 6.36. The van der Waals surface area contributed by atoms with Crippen LogP contribution in [0, 0.1) is 6.92 Å². The second-order valence-electron chi connectivity index (χ2n) is 4.35. The van der Waals surface area contributed by atoms with Crippen LogP contribution in [0.4, 0.5) is 0 Å². The standard InChI is InChI=1S/C14H22N2OS.ClH/c1-3-4-13(15)14(17)16-9-10-18-12-7-5-11(2)6-8-12;/h5-8,13H,3-4,9-10,15H2,1-2H3,(H,16,17);1H. The Bertz CT molecular complexity index is 370. The van der Waals surface area contributed by atoms with E-state index < -0.39 is 0 Å². The molecule has 1 amide bonds. The molecule has 5 heteroatoms. The molecule has 0 bridgehead atoms. The van der Waals surface area contributed by atoms with E-state index in [1.807, 2.05) is 6.92 Å². The van der Waals surface area contributed by atoms with E-state index in [1.54, 1.807) is 11.8 Å². The monoisotopic (exact) mass is 302 g/mol. The normalized spacial score (nSPS) is 11.5. The largest absolute Gasteiger partial charge is 0.354 e. The zero-order chi connectivity index (χ0) is 13.4. The summed E-state index contributed by atoms with van der Waals surface area (Å²) in [4.78, 5) is 12.8. The van der Waals surface area contributed by atoms with E-state index in [-0.39, 0.29) is 24.4 Å². The van der Waals surface area contributed by atoms with Crippen LogP contribution in [0.3, 0.4) is 0 Å². The summed E-state index contributed by atoms with van der Waals surface area (Å²) >= 11 is 1.74. The highest BCUT2D eigenvalue weighted by atomic mass is 35.5. The lowest BCUT2D eigenvalue weighted by Gasteiger charge is -2.10. The van der Waals surface area contributed by atoms with Crippen molar-refractivity contribution in [2.75, 3.05) is 12.3 Å². The summed E-state index contributed by atoms with van der Waals surface area (Å²) in [5, 5.41) is 2.86. The Hall–Kier alpha value is -0.710. The maximum Gasteiger partial charge on any atom is 0.236 e. The average Bonchev–Trinajstić information content (AvgIpc) is 2.36. The first-order valence-corrected chi connectivity index (χ1v) is 7.34. The number of carbonyl (C=O) groups excluding carboxylic acids is 1. The first kappa shape index (κ1) is 18.3. The van der Waals surface area contributed by atoms with Crippen LogP contribution in [-0.4, -0.2) is 24.2 Å². The Morgan fingerprint density at radius 2 is 2.00 bits per heavy atom. The highest BCUT2D eigenvalue weighted by Gasteiger charge is 2.10. The van der Waals surface area contributed by atoms with Crippen molar-refractivity contribution in [1.29, 1.82) is 0 Å². The fourth-order valence-corrected chi connectivity index (χ4v) is 2.32. The molecule has 0 spiro atoms. The molecule has 0 heterocycles. The Kier molecular flexibility index (Phi) is 9.74. The van der Waals surface area contributed by atoms with Crippen LogP contribution in [0.25, 0.3) is 0 Å². The van der Waals surface area contributed by atoms with E-state index in [0.29, 0.717) is 6.54 Å². The topological polar surface area (TPSA) is 55.1 Å². The molecule has 0 aliphatic heterocycles. The number of thioether (sulfide) groups is 1. The maximum absolute atomic E-state index is 11.5. The summed E-state index contributed by atoms with van der Waals surface area (Å²) in [6.45, 7) is 4.76. The number of hydrogen-bond donors (Lipinski definition) is 2. The minimum Gasteiger partial charge on any atom is -0.354 e. The maximum atomic E-state index is 11.5. The number of nitrogens with one attached hydrogen (secondary N) is 1. The summed E-state index contributed by atoms with van der Waals surface area (Å²) in [5.41, 5.74) is 6.98. The lowest BCUT2D eigenvalue weighted by Crippen LogP contribution is -2.41. The highest BCUT2D eigenvalue weighted by molar-refractivity contribution is 7.99. The first-order chi connectivity index (χ1) is 8.63. The summed E-state index contributed by atoms with van der Waals surface area (Å²) < 4.78 is 0. The SMILES string of the molecule is CCCC(N)C(=O)NCCSc1ccc(C)cc1.Cl. The quantitative estimate of drug-likeness (QED) is 0.601. The van der Waals surface area contributed by atoms with Crippen LogP contribution < -0.4 is 11.1 Å². The summed E-state index contributed by atoms with van der Waals surface area (Å²) in [7, 11) is 0. The lowest BCUT2D eigenvalue weighted by molar-refractivity contribution is -0.122. The molecule has 0 aromatic heterocycles. The average molecular weight is 303 g/mol. The van der Waals surface area contributed by atoms with Gasteiger partial charge in [0, 0.05) is 17.2 Å². The van der Waals surface area contributed by atoms with Gasteiger partial charge in [0.05, 0.1) is 6.04 Å². The van der Waals surface area contributed by atoms with E-state index in [9.17, 15) is 4.79 Å². The minimum atomic E-state index is -0.362. The van der Waals surface area contributed by atoms with Crippen molar-refractivity contribution < 1.29 is 4.79 Å². The second kappa shape index (κ2) is 10.1. The molecule has 3 nitrogen and oxygen atoms in total. The van der Waals surface area contributed by atoms with Gasteiger partial charge >= 0.3 is 0 Å². The Morgan fingerprint density at radius 3 is 2.58 bits per heavy atom. The number of carbonyl (C=O) groups is 1. The van der Waals surface area contributed by atoms with E-state index in [1.165, 1.54) is 10.5 Å². The van der Waals surface area contributed by atoms with Gasteiger partial charge in [-0.15, -0.1) is 24.2 Å². The van der Waals surface area contributed by atoms with Crippen molar-refractivity contribution in [2.24, 2.45) is 5.73 Å². The molecule has 0 saturated carbocycles. The summed E-state index contributed by atoms with van der Waals surface area (Å²) in [6.07, 6.45) is 1.68. The van der Waals surface area contributed by atoms with Crippen molar-refractivity contribution in [1.82, 2.24) is 5.32 Å². The van der Waals surface area contributed by atoms with Crippen LogP contribution in [0.15, 0.2) is 29.2 Å². The highest BCUT2D eigenvalue weighted by Crippen LogP contribution is 2.17. The number of nitrogens with two attached hydrogens (primary N) is 1. The molecule has 1 atom stereocenters. The molecule has 0 saturated heterocycles. The number of rotatable bonds is 7. The van der Waals surface area contributed by atoms with Crippen LogP contribution in [0.1, 0.15) is 25.3 Å². The molecule has 1 rings (SSSR count). The minimum absolute atomic E-state index is 0. The lowest BCUT2D eigenvalue weighted by atomic mass is 10.2. The third kappa shape index (κ3) is 7.45. The Morgan fingerprint density at radius 1 is 1.37 bits per heavy atom. The van der Waals surface area contributed by atoms with E-state index in [0.717, 1.165) is 18.6 Å². The fraction of sp³-hybridized carbons (Fsp3) is 0.500. The predicted octanol–water partition coefficient (Wildman–Crippen LogP) is 2.75. The fourth-order valence-electron chi connectivity index (χ4n) is 1.55. The molecule has 1 aromatic rings. The van der Waals surface area contributed by atoms with Gasteiger partial charge in [0.2, 0.25) is 5.91 Å². The van der Waals surface area contributed by atoms with E-state index >= 15 is 0 Å². The van der Waals surface area contributed by atoms with Crippen molar-refractivity contribution in [3.8, 4) is 0 Å². The van der Waals surface area contributed by atoms with Gasteiger partial charge in [-0.1, -0.05) is 31.0 Å². The second-order valence-corrected chi connectivity index (χ2v) is 5.52. The van der Waals surface area contributed by atoms with Gasteiger partial charge < -0.3 is 11.1 Å². The van der Waals surface area contributed by atoms with E-state index in [2.05, 4.69) is 36.5 Å². The number of halogens is 1. The van der Waals surface area contributed by atoms with Gasteiger partial charge in [-0.3, -0.25) is 4.79 Å². The molecule has 0 radical (unpaired) electrons. The van der Waals surface area contributed by atoms with Crippen LogP contribution >= 0.6 is 24.2 Å². The number of benzene rings is 1. The van der Waals surface area contributed by atoms with Crippen molar-refractivity contribution in [2.45, 2.75) is 37.6 Å². The number of amides is 1. The molecule has 0 aliphatic rings. The number of aryl methyl sites for hydroxylation is 1. The van der Waals surface area contributed by atoms with Crippen LogP contribution in [0.5, 0.6) is 0 Å². The van der Waals surface area contributed by atoms with E-state index in [4.69, 9.17) is 5.73 Å². The van der Waals surface area contributed by atoms with Gasteiger partial charge in [0.25, 0.3) is 0 Å². The third-order valence-corrected chi connectivity index (χ3v) is 3.64. The third-order valence-electron chi connectivity index (χ3n) is 2.63. The van der Waals surface area contributed by atoms with Gasteiger partial charge in [-0.05, 0) is 25.5 Å². The molecule has 108 valence electrons. The van der Waals surface area contributed by atoms with Crippen molar-refractivity contribution in [3.05, 3.63) is 29.8 Å². The Balaban J connectivity index is 0.00000324. The smallest absolute Gasteiger partial charge is 0.236 e. The summed E-state index contributed by atoms with van der Waals surface area (Å²) in [5.74, 6) is 0.828. The van der Waals surface area contributed by atoms with Crippen molar-refractivity contribution >= 4 is 30.1 Å². The molecular formula is C14H23ClN2OS. The predicted molar refractivity (Wildman–Crippen MR) is 85.0 cm³/mol. The number of hydrogen-bond acceptors (Lipinski definition) is 3. The zero-order valence-corrected chi connectivity index (χ0v) is 13.2. The molecule has 19 heavy (non-hydrogen) atoms.